The highest BCUT2D eigenvalue weighted by Crippen LogP contribution is 2.35. The van der Waals surface area contributed by atoms with E-state index in [-0.39, 0.29) is 23.0 Å². The van der Waals surface area contributed by atoms with Gasteiger partial charge in [0, 0.05) is 30.2 Å². The SMILES string of the molecule is O=C(Nc1ccc(C(=O)NCC2(c3cccc(Cl)c3)CCOCC2)s1)c1ccco1. The molecule has 1 aliphatic rings. The largest absolute Gasteiger partial charge is 0.459 e. The Kier molecular flexibility index (Phi) is 6.22. The van der Waals surface area contributed by atoms with Crippen molar-refractivity contribution in [2.75, 3.05) is 25.1 Å². The fraction of sp³-hybridized carbons (Fsp3) is 0.273. The number of furan rings is 1. The van der Waals surface area contributed by atoms with Gasteiger partial charge in [-0.2, -0.15) is 0 Å². The second-order valence-corrected chi connectivity index (χ2v) is 8.70. The maximum atomic E-state index is 12.8. The van der Waals surface area contributed by atoms with Crippen LogP contribution < -0.4 is 10.6 Å². The van der Waals surface area contributed by atoms with Gasteiger partial charge < -0.3 is 19.8 Å². The number of carbonyl (C=O) groups excluding carboxylic acids is 2. The lowest BCUT2D eigenvalue weighted by atomic mass is 9.74. The highest BCUT2D eigenvalue weighted by Gasteiger charge is 2.35. The Labute approximate surface area is 183 Å². The van der Waals surface area contributed by atoms with Crippen LogP contribution in [0.4, 0.5) is 5.00 Å². The number of halogens is 1. The number of nitrogens with one attached hydrogen (secondary N) is 2. The summed E-state index contributed by atoms with van der Waals surface area (Å²) < 4.78 is 10.6. The second-order valence-electron chi connectivity index (χ2n) is 7.18. The molecule has 4 rings (SSSR count). The molecule has 1 fully saturated rings. The van der Waals surface area contributed by atoms with Gasteiger partial charge in [-0.3, -0.25) is 9.59 Å². The van der Waals surface area contributed by atoms with E-state index in [4.69, 9.17) is 20.8 Å². The van der Waals surface area contributed by atoms with E-state index in [0.717, 1.165) is 18.4 Å². The average molecular weight is 445 g/mol. The van der Waals surface area contributed by atoms with Crippen molar-refractivity contribution < 1.29 is 18.7 Å². The first-order valence-corrected chi connectivity index (χ1v) is 10.8. The van der Waals surface area contributed by atoms with Crippen LogP contribution in [0.3, 0.4) is 0 Å². The number of benzene rings is 1. The van der Waals surface area contributed by atoms with Crippen molar-refractivity contribution in [3.8, 4) is 0 Å². The fourth-order valence-corrected chi connectivity index (χ4v) is 4.60. The molecule has 0 saturated carbocycles. The maximum absolute atomic E-state index is 12.8. The van der Waals surface area contributed by atoms with Gasteiger partial charge in [0.2, 0.25) is 0 Å². The molecule has 1 saturated heterocycles. The molecule has 3 heterocycles. The van der Waals surface area contributed by atoms with Crippen LogP contribution in [0.2, 0.25) is 5.02 Å². The number of anilines is 1. The molecule has 0 radical (unpaired) electrons. The Morgan fingerprint density at radius 1 is 1.07 bits per heavy atom. The van der Waals surface area contributed by atoms with Crippen molar-refractivity contribution >= 4 is 39.8 Å². The third-order valence-corrected chi connectivity index (χ3v) is 6.52. The van der Waals surface area contributed by atoms with E-state index < -0.39 is 0 Å². The average Bonchev–Trinajstić information content (AvgIpc) is 3.45. The third kappa shape index (κ3) is 4.59. The van der Waals surface area contributed by atoms with Gasteiger partial charge >= 0.3 is 0 Å². The molecule has 0 aliphatic carbocycles. The van der Waals surface area contributed by atoms with Crippen LogP contribution >= 0.6 is 22.9 Å². The number of thiophene rings is 1. The number of amides is 2. The smallest absolute Gasteiger partial charge is 0.291 e. The van der Waals surface area contributed by atoms with Crippen LogP contribution in [0.5, 0.6) is 0 Å². The molecule has 156 valence electrons. The summed E-state index contributed by atoms with van der Waals surface area (Å²) in [5.74, 6) is -0.306. The van der Waals surface area contributed by atoms with Crippen molar-refractivity contribution in [1.82, 2.24) is 5.32 Å². The van der Waals surface area contributed by atoms with Gasteiger partial charge in [-0.25, -0.2) is 0 Å². The Bertz CT molecular complexity index is 1030. The Morgan fingerprint density at radius 3 is 2.63 bits per heavy atom. The number of hydrogen-bond acceptors (Lipinski definition) is 5. The summed E-state index contributed by atoms with van der Waals surface area (Å²) in [6.45, 7) is 1.77. The van der Waals surface area contributed by atoms with Crippen LogP contribution in [0.25, 0.3) is 0 Å². The molecule has 6 nitrogen and oxygen atoms in total. The molecule has 2 amide bonds. The van der Waals surface area contributed by atoms with E-state index in [1.807, 2.05) is 18.2 Å². The van der Waals surface area contributed by atoms with E-state index >= 15 is 0 Å². The molecule has 3 aromatic rings. The minimum Gasteiger partial charge on any atom is -0.459 e. The molecule has 2 N–H and O–H groups in total. The van der Waals surface area contributed by atoms with Crippen LogP contribution in [0.1, 0.15) is 38.6 Å². The van der Waals surface area contributed by atoms with E-state index in [9.17, 15) is 9.59 Å². The number of ether oxygens (including phenoxy) is 1. The lowest BCUT2D eigenvalue weighted by molar-refractivity contribution is 0.0487. The summed E-state index contributed by atoms with van der Waals surface area (Å²) in [6.07, 6.45) is 3.05. The van der Waals surface area contributed by atoms with E-state index in [0.29, 0.717) is 34.7 Å². The first kappa shape index (κ1) is 20.7. The van der Waals surface area contributed by atoms with Crippen LogP contribution in [-0.2, 0) is 10.2 Å². The number of rotatable bonds is 6. The minimum atomic E-state index is -0.351. The topological polar surface area (TPSA) is 80.6 Å². The predicted octanol–water partition coefficient (Wildman–Crippen LogP) is 4.73. The summed E-state index contributed by atoms with van der Waals surface area (Å²) in [7, 11) is 0. The standard InChI is InChI=1S/C22H21ClN2O4S/c23-16-4-1-3-15(13-16)22(8-11-28-12-9-22)14-24-21(27)18-6-7-19(30-18)25-20(26)17-5-2-10-29-17/h1-7,10,13H,8-9,11-12,14H2,(H,24,27)(H,25,26). The van der Waals surface area contributed by atoms with Gasteiger partial charge in [-0.15, -0.1) is 11.3 Å². The summed E-state index contributed by atoms with van der Waals surface area (Å²) >= 11 is 7.43. The van der Waals surface area contributed by atoms with Crippen LogP contribution in [0, 0.1) is 0 Å². The highest BCUT2D eigenvalue weighted by atomic mass is 35.5. The molecule has 30 heavy (non-hydrogen) atoms. The zero-order valence-electron chi connectivity index (χ0n) is 16.2. The Hall–Kier alpha value is -2.61. The molecule has 8 heteroatoms. The van der Waals surface area contributed by atoms with Gasteiger partial charge in [0.05, 0.1) is 16.1 Å². The van der Waals surface area contributed by atoms with E-state index in [1.54, 1.807) is 24.3 Å². The van der Waals surface area contributed by atoms with Crippen LogP contribution in [0.15, 0.2) is 59.2 Å². The van der Waals surface area contributed by atoms with Gasteiger partial charge in [0.25, 0.3) is 11.8 Å². The molecule has 0 spiro atoms. The lowest BCUT2D eigenvalue weighted by Gasteiger charge is -2.38. The number of carbonyl (C=O) groups is 2. The summed E-state index contributed by atoms with van der Waals surface area (Å²) in [4.78, 5) is 25.4. The summed E-state index contributed by atoms with van der Waals surface area (Å²) in [6, 6.07) is 14.4. The molecule has 2 aromatic heterocycles. The van der Waals surface area contributed by atoms with Crippen molar-refractivity contribution in [2.45, 2.75) is 18.3 Å². The van der Waals surface area contributed by atoms with Gasteiger partial charge in [0.1, 0.15) is 0 Å². The first-order valence-electron chi connectivity index (χ1n) is 9.62. The monoisotopic (exact) mass is 444 g/mol. The quantitative estimate of drug-likeness (QED) is 0.576. The highest BCUT2D eigenvalue weighted by molar-refractivity contribution is 7.18. The van der Waals surface area contributed by atoms with Crippen molar-refractivity contribution in [3.63, 3.8) is 0 Å². The van der Waals surface area contributed by atoms with Gasteiger partial charge in [0.15, 0.2) is 5.76 Å². The van der Waals surface area contributed by atoms with Crippen LogP contribution in [-0.4, -0.2) is 31.6 Å². The van der Waals surface area contributed by atoms with E-state index in [1.165, 1.54) is 17.6 Å². The molecule has 1 aliphatic heterocycles. The summed E-state index contributed by atoms with van der Waals surface area (Å²) in [5.41, 5.74) is 0.892. The molecule has 0 bridgehead atoms. The second kappa shape index (κ2) is 9.04. The third-order valence-electron chi connectivity index (χ3n) is 5.29. The van der Waals surface area contributed by atoms with Crippen molar-refractivity contribution in [1.29, 1.82) is 0 Å². The molecule has 0 unspecified atom stereocenters. The molecule has 1 aromatic carbocycles. The predicted molar refractivity (Wildman–Crippen MR) is 116 cm³/mol. The number of hydrogen-bond donors (Lipinski definition) is 2. The van der Waals surface area contributed by atoms with Crippen molar-refractivity contribution in [3.05, 3.63) is 76.0 Å². The Morgan fingerprint density at radius 2 is 1.90 bits per heavy atom. The zero-order valence-corrected chi connectivity index (χ0v) is 17.7. The minimum absolute atomic E-state index is 0.175. The fourth-order valence-electron chi connectivity index (χ4n) is 3.59. The van der Waals surface area contributed by atoms with E-state index in [2.05, 4.69) is 16.7 Å². The lowest BCUT2D eigenvalue weighted by Crippen LogP contribution is -2.44. The molecule has 0 atom stereocenters. The van der Waals surface area contributed by atoms with Gasteiger partial charge in [-0.05, 0) is 54.8 Å². The normalized spacial score (nSPS) is 15.5. The molecular weight excluding hydrogens is 424 g/mol. The first-order chi connectivity index (χ1) is 14.6. The zero-order chi connectivity index (χ0) is 21.0. The van der Waals surface area contributed by atoms with Crippen molar-refractivity contribution in [2.24, 2.45) is 0 Å². The Balaban J connectivity index is 1.43. The summed E-state index contributed by atoms with van der Waals surface area (Å²) in [5, 5.41) is 7.06. The maximum Gasteiger partial charge on any atom is 0.291 e. The molecular formula is C22H21ClN2O4S. The van der Waals surface area contributed by atoms with Gasteiger partial charge in [-0.1, -0.05) is 23.7 Å².